The van der Waals surface area contributed by atoms with Gasteiger partial charge in [0.15, 0.2) is 5.82 Å². The molecule has 2 aliphatic rings. The first-order valence-corrected chi connectivity index (χ1v) is 18.5. The van der Waals surface area contributed by atoms with Crippen LogP contribution in [0.2, 0.25) is 0 Å². The number of likely N-dealkylation sites (tertiary alicyclic amines) is 1. The number of amides is 1. The predicted octanol–water partition coefficient (Wildman–Crippen LogP) is 9.00. The number of carbonyl (C=O) groups excluding carboxylic acids is 1. The fraction of sp³-hybridized carbons (Fsp3) is 0.326. The Morgan fingerprint density at radius 2 is 1.65 bits per heavy atom. The molecule has 8 heteroatoms. The molecule has 0 radical (unpaired) electrons. The van der Waals surface area contributed by atoms with Gasteiger partial charge in [-0.25, -0.2) is 9.97 Å². The Hall–Kier alpha value is -5.21. The van der Waals surface area contributed by atoms with Crippen LogP contribution >= 0.6 is 0 Å². The number of H-pyrrole nitrogens is 1. The number of hydrogen-bond acceptors (Lipinski definition) is 5. The number of aromatic amines is 1. The van der Waals surface area contributed by atoms with E-state index in [9.17, 15) is 9.90 Å². The van der Waals surface area contributed by atoms with Crippen molar-refractivity contribution in [3.63, 3.8) is 0 Å². The summed E-state index contributed by atoms with van der Waals surface area (Å²) in [4.78, 5) is 27.5. The molecular formula is C43H48N6O2. The molecule has 1 aliphatic carbocycles. The van der Waals surface area contributed by atoms with Gasteiger partial charge >= 0.3 is 0 Å². The Kier molecular flexibility index (Phi) is 10.9. The lowest BCUT2D eigenvalue weighted by Crippen LogP contribution is -2.43. The molecule has 8 rings (SSSR count). The van der Waals surface area contributed by atoms with Crippen molar-refractivity contribution in [2.75, 3.05) is 18.5 Å². The smallest absolute Gasteiger partial charge is 0.246 e. The van der Waals surface area contributed by atoms with Gasteiger partial charge in [0.1, 0.15) is 11.5 Å². The molecule has 2 aromatic carbocycles. The van der Waals surface area contributed by atoms with Gasteiger partial charge in [-0.05, 0) is 87.1 Å². The lowest BCUT2D eigenvalue weighted by Gasteiger charge is -2.34. The van der Waals surface area contributed by atoms with E-state index in [1.54, 1.807) is 6.08 Å². The van der Waals surface area contributed by atoms with Crippen molar-refractivity contribution in [1.29, 1.82) is 0 Å². The number of hydrogen-bond donors (Lipinski definition) is 3. The van der Waals surface area contributed by atoms with Crippen molar-refractivity contribution < 1.29 is 9.90 Å². The zero-order valence-electron chi connectivity index (χ0n) is 29.4. The van der Waals surface area contributed by atoms with Gasteiger partial charge in [0, 0.05) is 66.6 Å². The normalized spacial score (nSPS) is 19.3. The van der Waals surface area contributed by atoms with Gasteiger partial charge in [0.2, 0.25) is 5.91 Å². The van der Waals surface area contributed by atoms with Gasteiger partial charge in [-0.1, -0.05) is 73.7 Å². The molecule has 1 atom stereocenters. The number of carbonyl (C=O) groups is 1. The number of piperidine rings is 1. The molecule has 0 unspecified atom stereocenters. The summed E-state index contributed by atoms with van der Waals surface area (Å²) in [7, 11) is 0. The van der Waals surface area contributed by atoms with Crippen LogP contribution < -0.4 is 5.32 Å². The summed E-state index contributed by atoms with van der Waals surface area (Å²) < 4.78 is 2.10. The molecule has 3 N–H and O–H groups in total. The van der Waals surface area contributed by atoms with Crippen LogP contribution in [0.25, 0.3) is 45.1 Å². The lowest BCUT2D eigenvalue weighted by atomic mass is 9.87. The van der Waals surface area contributed by atoms with Gasteiger partial charge in [-0.2, -0.15) is 0 Å². The van der Waals surface area contributed by atoms with Crippen LogP contribution in [0.3, 0.4) is 0 Å². The van der Waals surface area contributed by atoms with Crippen molar-refractivity contribution in [1.82, 2.24) is 24.3 Å². The Morgan fingerprint density at radius 3 is 2.41 bits per heavy atom. The second-order valence-electron chi connectivity index (χ2n) is 13.9. The zero-order chi connectivity index (χ0) is 35.0. The van der Waals surface area contributed by atoms with E-state index in [4.69, 9.17) is 4.98 Å². The van der Waals surface area contributed by atoms with E-state index < -0.39 is 0 Å². The van der Waals surface area contributed by atoms with E-state index >= 15 is 0 Å². The van der Waals surface area contributed by atoms with Gasteiger partial charge in [0.25, 0.3) is 0 Å². The Bertz CT molecular complexity index is 2060. The van der Waals surface area contributed by atoms with E-state index in [1.807, 2.05) is 71.9 Å². The largest absolute Gasteiger partial charge is 0.396 e. The summed E-state index contributed by atoms with van der Waals surface area (Å²) >= 11 is 0. The molecular weight excluding hydrogens is 633 g/mol. The number of aromatic nitrogens is 4. The summed E-state index contributed by atoms with van der Waals surface area (Å²) in [6, 6.07) is 29.2. The Labute approximate surface area is 300 Å². The van der Waals surface area contributed by atoms with Crippen LogP contribution in [-0.4, -0.2) is 60.5 Å². The highest BCUT2D eigenvalue weighted by Gasteiger charge is 2.25. The van der Waals surface area contributed by atoms with E-state index in [-0.39, 0.29) is 18.6 Å². The minimum Gasteiger partial charge on any atom is -0.396 e. The van der Waals surface area contributed by atoms with Crippen molar-refractivity contribution in [3.05, 3.63) is 115 Å². The van der Waals surface area contributed by atoms with Crippen molar-refractivity contribution in [3.8, 4) is 22.5 Å². The zero-order valence-corrected chi connectivity index (χ0v) is 29.4. The first kappa shape index (κ1) is 34.2. The Balaban J connectivity index is 0.000000162. The summed E-state index contributed by atoms with van der Waals surface area (Å²) in [5, 5.41) is 14.1. The highest BCUT2D eigenvalue weighted by molar-refractivity contribution is 5.96. The molecule has 262 valence electrons. The minimum atomic E-state index is 0.0347. The Morgan fingerprint density at radius 1 is 0.902 bits per heavy atom. The fourth-order valence-electron chi connectivity index (χ4n) is 7.52. The van der Waals surface area contributed by atoms with Crippen LogP contribution in [0.1, 0.15) is 63.9 Å². The molecule has 1 aliphatic heterocycles. The van der Waals surface area contributed by atoms with Gasteiger partial charge in [-0.3, -0.25) is 4.79 Å². The quantitative estimate of drug-likeness (QED) is 0.139. The summed E-state index contributed by atoms with van der Waals surface area (Å²) in [5.41, 5.74) is 6.32. The average Bonchev–Trinajstić information content (AvgIpc) is 3.81. The van der Waals surface area contributed by atoms with Crippen molar-refractivity contribution >= 4 is 34.4 Å². The average molecular weight is 681 g/mol. The number of nitrogens with one attached hydrogen (secondary N) is 2. The standard InChI is InChI=1S/C24H26N2O2.C19H22N4/c27-17-14-20-10-4-7-16-26(20)24(28)13-12-21-22(19-8-2-1-3-9-19)18-25-15-6-5-11-23(21)25;1-13-7-9-15(10-8-13)21-19-16-11-12-20-18(16)22-17(23-19)14-5-3-2-4-6-14/h1-3,5-6,8-9,11-13,15,18,20,27H,4,7,10,14,16-17H2;2-6,11-13,15H,7-10H2,1H3,(H2,20,21,22,23)/b13-12+;/t20-;/m1./s1. The fourth-order valence-corrected chi connectivity index (χ4v) is 7.52. The molecule has 1 saturated carbocycles. The van der Waals surface area contributed by atoms with Gasteiger partial charge < -0.3 is 24.7 Å². The third-order valence-electron chi connectivity index (χ3n) is 10.4. The van der Waals surface area contributed by atoms with E-state index in [0.717, 1.165) is 82.2 Å². The minimum absolute atomic E-state index is 0.0347. The van der Waals surface area contributed by atoms with Crippen LogP contribution in [-0.2, 0) is 4.79 Å². The molecule has 1 amide bonds. The van der Waals surface area contributed by atoms with Crippen LogP contribution in [0, 0.1) is 5.92 Å². The van der Waals surface area contributed by atoms with Crippen LogP contribution in [0.5, 0.6) is 0 Å². The summed E-state index contributed by atoms with van der Waals surface area (Å²) in [6.45, 7) is 3.25. The molecule has 8 nitrogen and oxygen atoms in total. The predicted molar refractivity (Wildman–Crippen MR) is 207 cm³/mol. The third kappa shape index (κ3) is 8.07. The number of aliphatic hydroxyl groups excluding tert-OH is 1. The van der Waals surface area contributed by atoms with Crippen molar-refractivity contribution in [2.45, 2.75) is 70.4 Å². The molecule has 5 heterocycles. The summed E-state index contributed by atoms with van der Waals surface area (Å²) in [5.74, 6) is 2.61. The number of rotatable bonds is 8. The number of anilines is 1. The molecule has 6 aromatic rings. The second-order valence-corrected chi connectivity index (χ2v) is 13.9. The highest BCUT2D eigenvalue weighted by atomic mass is 16.3. The third-order valence-corrected chi connectivity index (χ3v) is 10.4. The molecule has 0 bridgehead atoms. The first-order chi connectivity index (χ1) is 25.1. The topological polar surface area (TPSA) is 98.5 Å². The van der Waals surface area contributed by atoms with Gasteiger partial charge in [0.05, 0.1) is 10.9 Å². The summed E-state index contributed by atoms with van der Waals surface area (Å²) in [6.07, 6.45) is 18.6. The van der Waals surface area contributed by atoms with Crippen molar-refractivity contribution in [2.24, 2.45) is 5.92 Å². The number of fused-ring (bicyclic) bond motifs is 2. The van der Waals surface area contributed by atoms with Crippen LogP contribution in [0.4, 0.5) is 5.82 Å². The first-order valence-electron chi connectivity index (χ1n) is 18.5. The highest BCUT2D eigenvalue weighted by Crippen LogP contribution is 2.31. The maximum Gasteiger partial charge on any atom is 0.246 e. The maximum absolute atomic E-state index is 12.9. The monoisotopic (exact) mass is 680 g/mol. The van der Waals surface area contributed by atoms with E-state index in [2.05, 4.69) is 69.2 Å². The molecule has 51 heavy (non-hydrogen) atoms. The molecule has 2 fully saturated rings. The number of nitrogens with zero attached hydrogens (tertiary/aromatic N) is 4. The lowest BCUT2D eigenvalue weighted by molar-refractivity contribution is -0.129. The molecule has 0 spiro atoms. The second kappa shape index (κ2) is 16.2. The van der Waals surface area contributed by atoms with Gasteiger partial charge in [-0.15, -0.1) is 0 Å². The number of benzene rings is 2. The molecule has 4 aromatic heterocycles. The number of aliphatic hydroxyl groups is 1. The molecule has 1 saturated heterocycles. The van der Waals surface area contributed by atoms with Crippen LogP contribution in [0.15, 0.2) is 110 Å². The SMILES string of the molecule is CC1CCC(Nc2nc(-c3ccccc3)nc3[nH]ccc23)CC1.O=C(/C=C/c1c(-c2ccccc2)cn2ccccc12)N1CCCC[C@@H]1CCO. The van der Waals surface area contributed by atoms with E-state index in [0.29, 0.717) is 12.5 Å². The number of pyridine rings is 1. The maximum atomic E-state index is 12.9. The van der Waals surface area contributed by atoms with E-state index in [1.165, 1.54) is 25.7 Å².